The van der Waals surface area contributed by atoms with Gasteiger partial charge in [0.1, 0.15) is 0 Å². The fraction of sp³-hybridized carbons (Fsp3) is 0.733. The molecule has 0 amide bonds. The number of rotatable bonds is 4. The molecule has 2 heterocycles. The molecule has 0 aliphatic carbocycles. The molecule has 0 N–H and O–H groups in total. The van der Waals surface area contributed by atoms with E-state index < -0.39 is 0 Å². The lowest BCUT2D eigenvalue weighted by Crippen LogP contribution is -2.36. The maximum atomic E-state index is 6.28. The standard InChI is InChI=1S/C15H20Br2O2/c1-3-5-6-7-12-15-9-14(18-12)11(17)8-13(19-15)10(16)4-2/h1,5-6,10-15H,4,7-9H2,2H3. The van der Waals surface area contributed by atoms with Crippen molar-refractivity contribution in [1.82, 2.24) is 0 Å². The van der Waals surface area contributed by atoms with Crippen LogP contribution < -0.4 is 0 Å². The molecular formula is C15H20Br2O2. The van der Waals surface area contributed by atoms with E-state index in [2.05, 4.69) is 44.7 Å². The van der Waals surface area contributed by atoms with E-state index in [0.29, 0.717) is 9.65 Å². The van der Waals surface area contributed by atoms with Crippen LogP contribution in [-0.4, -0.2) is 34.1 Å². The normalized spacial score (nSPS) is 40.0. The fourth-order valence-corrected chi connectivity index (χ4v) is 3.80. The minimum Gasteiger partial charge on any atom is -0.371 e. The zero-order valence-corrected chi connectivity index (χ0v) is 14.3. The van der Waals surface area contributed by atoms with Gasteiger partial charge in [0.05, 0.1) is 24.4 Å². The second kappa shape index (κ2) is 7.26. The van der Waals surface area contributed by atoms with Crippen LogP contribution in [0.1, 0.15) is 32.6 Å². The predicted octanol–water partition coefficient (Wildman–Crippen LogP) is 3.82. The number of halogens is 2. The van der Waals surface area contributed by atoms with Crippen molar-refractivity contribution in [3.63, 3.8) is 0 Å². The molecule has 6 unspecified atom stereocenters. The van der Waals surface area contributed by atoms with E-state index in [-0.39, 0.29) is 24.4 Å². The zero-order chi connectivity index (χ0) is 13.8. The zero-order valence-electron chi connectivity index (χ0n) is 11.1. The van der Waals surface area contributed by atoms with Crippen LogP contribution in [0.5, 0.6) is 0 Å². The molecule has 2 bridgehead atoms. The van der Waals surface area contributed by atoms with Gasteiger partial charge in [0.15, 0.2) is 0 Å². The second-order valence-electron chi connectivity index (χ2n) is 5.14. The topological polar surface area (TPSA) is 18.5 Å². The van der Waals surface area contributed by atoms with Gasteiger partial charge in [0.25, 0.3) is 0 Å². The average molecular weight is 392 g/mol. The number of ether oxygens (including phenoxy) is 2. The Labute approximate surface area is 132 Å². The Balaban J connectivity index is 2.02. The van der Waals surface area contributed by atoms with Crippen molar-refractivity contribution in [3.8, 4) is 12.3 Å². The van der Waals surface area contributed by atoms with Gasteiger partial charge in [-0.3, -0.25) is 0 Å². The van der Waals surface area contributed by atoms with Crippen LogP contribution in [0.4, 0.5) is 0 Å². The largest absolute Gasteiger partial charge is 0.371 e. The maximum absolute atomic E-state index is 6.28. The molecule has 2 saturated heterocycles. The monoisotopic (exact) mass is 390 g/mol. The predicted molar refractivity (Wildman–Crippen MR) is 84.9 cm³/mol. The molecule has 4 heteroatoms. The number of fused-ring (bicyclic) bond motifs is 2. The molecular weight excluding hydrogens is 372 g/mol. The summed E-state index contributed by atoms with van der Waals surface area (Å²) >= 11 is 7.49. The SMILES string of the molecule is C#CC=CCC1OC2CC1OC(C(Br)CC)CC2Br. The minimum atomic E-state index is 0.133. The summed E-state index contributed by atoms with van der Waals surface area (Å²) in [5, 5.41) is 0. The average Bonchev–Trinajstić information content (AvgIpc) is 2.72. The highest BCUT2D eigenvalue weighted by atomic mass is 79.9. The summed E-state index contributed by atoms with van der Waals surface area (Å²) in [5.41, 5.74) is 0. The lowest BCUT2D eigenvalue weighted by molar-refractivity contribution is -0.0732. The van der Waals surface area contributed by atoms with Crippen molar-refractivity contribution in [2.24, 2.45) is 0 Å². The van der Waals surface area contributed by atoms with E-state index in [4.69, 9.17) is 15.9 Å². The first-order valence-corrected chi connectivity index (χ1v) is 8.69. The highest BCUT2D eigenvalue weighted by Gasteiger charge is 2.44. The molecule has 2 aliphatic heterocycles. The van der Waals surface area contributed by atoms with Crippen molar-refractivity contribution in [2.45, 2.75) is 66.7 Å². The molecule has 106 valence electrons. The molecule has 6 atom stereocenters. The van der Waals surface area contributed by atoms with Gasteiger partial charge in [-0.25, -0.2) is 0 Å². The Morgan fingerprint density at radius 2 is 2.16 bits per heavy atom. The molecule has 0 aromatic heterocycles. The highest BCUT2D eigenvalue weighted by Crippen LogP contribution is 2.38. The second-order valence-corrected chi connectivity index (χ2v) is 7.49. The van der Waals surface area contributed by atoms with E-state index in [1.807, 2.05) is 6.08 Å². The first kappa shape index (κ1) is 15.6. The summed E-state index contributed by atoms with van der Waals surface area (Å²) < 4.78 is 12.4. The molecule has 0 aromatic rings. The third-order valence-electron chi connectivity index (χ3n) is 3.82. The quantitative estimate of drug-likeness (QED) is 0.535. The van der Waals surface area contributed by atoms with Crippen LogP contribution in [0.25, 0.3) is 0 Å². The molecule has 2 nitrogen and oxygen atoms in total. The Bertz CT molecular complexity index is 364. The van der Waals surface area contributed by atoms with E-state index >= 15 is 0 Å². The summed E-state index contributed by atoms with van der Waals surface area (Å²) in [4.78, 5) is 0.782. The van der Waals surface area contributed by atoms with Gasteiger partial charge < -0.3 is 9.47 Å². The molecule has 0 radical (unpaired) electrons. The number of alkyl halides is 2. The smallest absolute Gasteiger partial charge is 0.0876 e. The summed E-state index contributed by atoms with van der Waals surface area (Å²) in [6.07, 6.45) is 13.7. The van der Waals surface area contributed by atoms with Crippen LogP contribution >= 0.6 is 31.9 Å². The Morgan fingerprint density at radius 3 is 2.84 bits per heavy atom. The van der Waals surface area contributed by atoms with Crippen LogP contribution in [0.3, 0.4) is 0 Å². The lowest BCUT2D eigenvalue weighted by Gasteiger charge is -2.30. The van der Waals surface area contributed by atoms with Crippen molar-refractivity contribution < 1.29 is 9.47 Å². The minimum absolute atomic E-state index is 0.133. The third-order valence-corrected chi connectivity index (χ3v) is 6.02. The molecule has 2 rings (SSSR count). The van der Waals surface area contributed by atoms with Crippen LogP contribution in [0.15, 0.2) is 12.2 Å². The Kier molecular flexibility index (Phi) is 5.95. The molecule has 19 heavy (non-hydrogen) atoms. The first-order chi connectivity index (χ1) is 9.15. The van der Waals surface area contributed by atoms with Gasteiger partial charge in [-0.15, -0.1) is 6.42 Å². The molecule has 0 spiro atoms. The Hall–Kier alpha value is 0.180. The number of terminal acetylenes is 1. The van der Waals surface area contributed by atoms with Crippen molar-refractivity contribution in [1.29, 1.82) is 0 Å². The van der Waals surface area contributed by atoms with E-state index in [9.17, 15) is 0 Å². The summed E-state index contributed by atoms with van der Waals surface area (Å²) in [6, 6.07) is 0. The van der Waals surface area contributed by atoms with Gasteiger partial charge in [0.2, 0.25) is 0 Å². The summed E-state index contributed by atoms with van der Waals surface area (Å²) in [7, 11) is 0. The third kappa shape index (κ3) is 3.85. The van der Waals surface area contributed by atoms with Gasteiger partial charge in [-0.05, 0) is 25.3 Å². The van der Waals surface area contributed by atoms with Crippen molar-refractivity contribution >= 4 is 31.9 Å². The van der Waals surface area contributed by atoms with Crippen LogP contribution in [0, 0.1) is 12.3 Å². The van der Waals surface area contributed by atoms with Gasteiger partial charge in [-0.1, -0.05) is 50.8 Å². The molecule has 2 fully saturated rings. The summed E-state index contributed by atoms with van der Waals surface area (Å²) in [6.45, 7) is 2.18. The van der Waals surface area contributed by atoms with E-state index in [0.717, 1.165) is 25.7 Å². The van der Waals surface area contributed by atoms with Gasteiger partial charge in [-0.2, -0.15) is 0 Å². The van der Waals surface area contributed by atoms with Crippen molar-refractivity contribution in [2.75, 3.05) is 0 Å². The molecule has 0 aromatic carbocycles. The number of allylic oxidation sites excluding steroid dienone is 1. The van der Waals surface area contributed by atoms with E-state index in [1.54, 1.807) is 6.08 Å². The number of hydrogen-bond donors (Lipinski definition) is 0. The molecule has 2 aliphatic rings. The highest BCUT2D eigenvalue weighted by molar-refractivity contribution is 9.09. The van der Waals surface area contributed by atoms with Crippen molar-refractivity contribution in [3.05, 3.63) is 12.2 Å². The van der Waals surface area contributed by atoms with Gasteiger partial charge in [0, 0.05) is 16.1 Å². The summed E-state index contributed by atoms with van der Waals surface area (Å²) in [5.74, 6) is 2.51. The van der Waals surface area contributed by atoms with Gasteiger partial charge >= 0.3 is 0 Å². The number of hydrogen-bond acceptors (Lipinski definition) is 2. The first-order valence-electron chi connectivity index (χ1n) is 6.85. The van der Waals surface area contributed by atoms with Crippen LogP contribution in [-0.2, 0) is 9.47 Å². The molecule has 0 saturated carbocycles. The van der Waals surface area contributed by atoms with Crippen LogP contribution in [0.2, 0.25) is 0 Å². The van der Waals surface area contributed by atoms with E-state index in [1.165, 1.54) is 0 Å². The fourth-order valence-electron chi connectivity index (χ4n) is 2.75. The lowest BCUT2D eigenvalue weighted by atomic mass is 10.1. The maximum Gasteiger partial charge on any atom is 0.0876 e. The Morgan fingerprint density at radius 1 is 1.37 bits per heavy atom.